The predicted octanol–water partition coefficient (Wildman–Crippen LogP) is 12.7. The number of rotatable bonds is 4. The zero-order chi connectivity index (χ0) is 37.7. The van der Waals surface area contributed by atoms with Gasteiger partial charge in [0.15, 0.2) is 11.2 Å². The number of hydrogen-bond donors (Lipinski definition) is 0. The molecule has 0 N–H and O–H groups in total. The molecule has 6 aromatic carbocycles. The second-order valence-corrected chi connectivity index (χ2v) is 15.7. The molecular formula is C52H37N3O2. The number of oxazole rings is 2. The van der Waals surface area contributed by atoms with Crippen LogP contribution >= 0.6 is 0 Å². The summed E-state index contributed by atoms with van der Waals surface area (Å²) in [5.41, 5.74) is 15.1. The standard InChI is InChI=1S/C52H37N3O2/c1-32-38(50-53-44-21-9-13-25-48(44)56-50)29-34(30-39(32)51-54-45-22-10-14-26-49(45)57-51)33-27-28-37-36-17-5-6-18-40(36)52(43(37)31-33)41-19-7-11-23-46(41)55(35-15-3-2-4-16-35)47-24-12-8-20-42(47)52/h2-32,37-38,43H,1H3. The molecule has 5 nitrogen and oxygen atoms in total. The number of benzene rings is 6. The van der Waals surface area contributed by atoms with Gasteiger partial charge in [-0.15, -0.1) is 0 Å². The van der Waals surface area contributed by atoms with Gasteiger partial charge in [-0.2, -0.15) is 0 Å². The van der Waals surface area contributed by atoms with Gasteiger partial charge in [-0.25, -0.2) is 9.97 Å². The number of anilines is 3. The van der Waals surface area contributed by atoms with Crippen LogP contribution in [-0.4, -0.2) is 9.97 Å². The maximum absolute atomic E-state index is 6.51. The lowest BCUT2D eigenvalue weighted by atomic mass is 9.60. The SMILES string of the molecule is CC1C(c2nc3ccccc3o2)=CC(C2=CC3C(C=C2)c2ccccc2C32c3ccccc3N(c3ccccc3)c3ccccc32)=CC1c1nc2ccccc2o1. The summed E-state index contributed by atoms with van der Waals surface area (Å²) in [5.74, 6) is 1.47. The number of fused-ring (bicyclic) bond motifs is 11. The second-order valence-electron chi connectivity index (χ2n) is 15.7. The zero-order valence-corrected chi connectivity index (χ0v) is 31.3. The van der Waals surface area contributed by atoms with Crippen molar-refractivity contribution < 1.29 is 8.83 Å². The van der Waals surface area contributed by atoms with E-state index in [4.69, 9.17) is 18.8 Å². The average Bonchev–Trinajstić information content (AvgIpc) is 3.98. The van der Waals surface area contributed by atoms with E-state index in [2.05, 4.69) is 145 Å². The van der Waals surface area contributed by atoms with E-state index in [-0.39, 0.29) is 23.7 Å². The monoisotopic (exact) mass is 735 g/mol. The van der Waals surface area contributed by atoms with Gasteiger partial charge in [0.1, 0.15) is 11.0 Å². The largest absolute Gasteiger partial charge is 0.440 e. The molecule has 12 rings (SSSR count). The Morgan fingerprint density at radius 3 is 1.89 bits per heavy atom. The molecule has 4 aliphatic rings. The minimum absolute atomic E-state index is 0.000983. The van der Waals surface area contributed by atoms with Crippen molar-refractivity contribution in [1.82, 2.24) is 9.97 Å². The molecule has 0 saturated carbocycles. The fraction of sp³-hybridized carbons (Fsp3) is 0.115. The van der Waals surface area contributed by atoms with Crippen molar-refractivity contribution >= 4 is 44.8 Å². The van der Waals surface area contributed by atoms with Crippen LogP contribution in [0.15, 0.2) is 202 Å². The fourth-order valence-electron chi connectivity index (χ4n) is 10.3. The second kappa shape index (κ2) is 12.3. The first kappa shape index (κ1) is 32.3. The summed E-state index contributed by atoms with van der Waals surface area (Å²) in [6.45, 7) is 2.23. The minimum Gasteiger partial charge on any atom is -0.440 e. The van der Waals surface area contributed by atoms with Gasteiger partial charge in [0.2, 0.25) is 11.8 Å². The fourth-order valence-corrected chi connectivity index (χ4v) is 10.3. The van der Waals surface area contributed by atoms with Crippen LogP contribution in [0.4, 0.5) is 17.1 Å². The molecule has 8 aromatic rings. The van der Waals surface area contributed by atoms with Crippen molar-refractivity contribution in [2.45, 2.75) is 24.2 Å². The molecule has 2 aromatic heterocycles. The molecule has 57 heavy (non-hydrogen) atoms. The average molecular weight is 736 g/mol. The van der Waals surface area contributed by atoms with Crippen molar-refractivity contribution in [1.29, 1.82) is 0 Å². The molecule has 0 amide bonds. The molecule has 3 heterocycles. The van der Waals surface area contributed by atoms with Gasteiger partial charge in [-0.1, -0.05) is 134 Å². The van der Waals surface area contributed by atoms with Crippen LogP contribution in [-0.2, 0) is 5.41 Å². The Morgan fingerprint density at radius 1 is 0.561 bits per heavy atom. The Labute approximate surface area is 330 Å². The molecule has 0 saturated heterocycles. The highest BCUT2D eigenvalue weighted by Crippen LogP contribution is 2.66. The first-order valence-electron chi connectivity index (χ1n) is 19.9. The maximum atomic E-state index is 6.51. The van der Waals surface area contributed by atoms with Gasteiger partial charge in [0.25, 0.3) is 0 Å². The van der Waals surface area contributed by atoms with Crippen LogP contribution < -0.4 is 4.90 Å². The predicted molar refractivity (Wildman–Crippen MR) is 227 cm³/mol. The van der Waals surface area contributed by atoms with Crippen molar-refractivity contribution in [2.24, 2.45) is 11.8 Å². The van der Waals surface area contributed by atoms with Crippen molar-refractivity contribution in [3.05, 3.63) is 227 Å². The molecule has 4 atom stereocenters. The number of hydrogen-bond acceptors (Lipinski definition) is 5. The summed E-state index contributed by atoms with van der Waals surface area (Å²) in [6, 6.07) is 54.0. The smallest absolute Gasteiger partial charge is 0.223 e. The summed E-state index contributed by atoms with van der Waals surface area (Å²) in [6.07, 6.45) is 12.0. The highest BCUT2D eigenvalue weighted by atomic mass is 16.4. The molecule has 1 aliphatic heterocycles. The summed E-state index contributed by atoms with van der Waals surface area (Å²) in [7, 11) is 0. The Bertz CT molecular complexity index is 2920. The van der Waals surface area contributed by atoms with Crippen LogP contribution in [0.3, 0.4) is 0 Å². The van der Waals surface area contributed by atoms with Gasteiger partial charge in [-0.3, -0.25) is 0 Å². The first-order valence-corrected chi connectivity index (χ1v) is 19.9. The molecular weight excluding hydrogens is 699 g/mol. The van der Waals surface area contributed by atoms with Crippen LogP contribution in [0.1, 0.15) is 52.8 Å². The Balaban J connectivity index is 1.08. The highest BCUT2D eigenvalue weighted by Gasteiger charge is 2.57. The van der Waals surface area contributed by atoms with Crippen LogP contribution in [0.25, 0.3) is 27.8 Å². The van der Waals surface area contributed by atoms with E-state index >= 15 is 0 Å². The number of aromatic nitrogens is 2. The Morgan fingerprint density at radius 2 is 1.18 bits per heavy atom. The topological polar surface area (TPSA) is 55.3 Å². The van der Waals surface area contributed by atoms with E-state index in [0.29, 0.717) is 11.8 Å². The van der Waals surface area contributed by atoms with E-state index in [1.807, 2.05) is 48.5 Å². The van der Waals surface area contributed by atoms with Crippen molar-refractivity contribution in [3.8, 4) is 0 Å². The van der Waals surface area contributed by atoms with E-state index in [1.54, 1.807) is 0 Å². The van der Waals surface area contributed by atoms with E-state index in [0.717, 1.165) is 39.0 Å². The lowest BCUT2D eigenvalue weighted by Gasteiger charge is -2.47. The normalized spacial score (nSPS) is 21.4. The third-order valence-corrected chi connectivity index (χ3v) is 12.8. The molecule has 3 aliphatic carbocycles. The molecule has 4 unspecified atom stereocenters. The maximum Gasteiger partial charge on any atom is 0.223 e. The van der Waals surface area contributed by atoms with Gasteiger partial charge in [0.05, 0.1) is 22.7 Å². The van der Waals surface area contributed by atoms with Crippen LogP contribution in [0.2, 0.25) is 0 Å². The van der Waals surface area contributed by atoms with Crippen molar-refractivity contribution in [3.63, 3.8) is 0 Å². The molecule has 5 heteroatoms. The summed E-state index contributed by atoms with van der Waals surface area (Å²) >= 11 is 0. The lowest BCUT2D eigenvalue weighted by Crippen LogP contribution is -2.40. The van der Waals surface area contributed by atoms with E-state index < -0.39 is 5.41 Å². The van der Waals surface area contributed by atoms with Gasteiger partial charge >= 0.3 is 0 Å². The van der Waals surface area contributed by atoms with Gasteiger partial charge < -0.3 is 13.7 Å². The number of para-hydroxylation sites is 7. The number of allylic oxidation sites excluding steroid dienone is 8. The third-order valence-electron chi connectivity index (χ3n) is 12.8. The Kier molecular flexibility index (Phi) is 6.94. The summed E-state index contributed by atoms with van der Waals surface area (Å²) in [5, 5.41) is 0. The molecule has 1 spiro atoms. The van der Waals surface area contributed by atoms with Crippen LogP contribution in [0.5, 0.6) is 0 Å². The molecule has 0 fully saturated rings. The summed E-state index contributed by atoms with van der Waals surface area (Å²) in [4.78, 5) is 12.5. The highest BCUT2D eigenvalue weighted by molar-refractivity contribution is 5.89. The third kappa shape index (κ3) is 4.63. The van der Waals surface area contributed by atoms with E-state index in [9.17, 15) is 0 Å². The number of nitrogens with zero attached hydrogens (tertiary/aromatic N) is 3. The van der Waals surface area contributed by atoms with Gasteiger partial charge in [-0.05, 0) is 88.0 Å². The Hall–Kier alpha value is -6.98. The molecule has 272 valence electrons. The lowest BCUT2D eigenvalue weighted by molar-refractivity contribution is 0.450. The first-order chi connectivity index (χ1) is 28.2. The van der Waals surface area contributed by atoms with Crippen LogP contribution in [0, 0.1) is 11.8 Å². The minimum atomic E-state index is -0.440. The quantitative estimate of drug-likeness (QED) is 0.180. The van der Waals surface area contributed by atoms with E-state index in [1.165, 1.54) is 39.2 Å². The molecule has 0 radical (unpaired) electrons. The zero-order valence-electron chi connectivity index (χ0n) is 31.3. The van der Waals surface area contributed by atoms with Gasteiger partial charge in [0, 0.05) is 29.0 Å². The van der Waals surface area contributed by atoms with Crippen molar-refractivity contribution in [2.75, 3.05) is 4.90 Å². The summed E-state index contributed by atoms with van der Waals surface area (Å²) < 4.78 is 13.0. The molecule has 0 bridgehead atoms.